The molecule has 5 aliphatic carbocycles. The fourth-order valence-corrected chi connectivity index (χ4v) is 15.7. The van der Waals surface area contributed by atoms with E-state index in [9.17, 15) is 77.3 Å². The molecule has 36 nitrogen and oxygen atoms in total. The van der Waals surface area contributed by atoms with E-state index in [1.54, 1.807) is 0 Å². The van der Waals surface area contributed by atoms with E-state index in [0.717, 1.165) is 48.5 Å². The van der Waals surface area contributed by atoms with E-state index >= 15 is 25.3 Å². The number of azide groups is 6. The maximum absolute atomic E-state index is 15.7. The number of carbonyl (C=O) groups is 6. The standard InChI is InChI=1S/C51H30N18O18S3/c1-49(2)16-51(33-31(49)21(70)14-22(71)44(33)75)17-50(3,4)32-23(85-88(79,80)25-11-5-8-18-28(25)35(58-64-52)38(61-67-55)45(76)41(18)72)15-24(86-89(81,82)26-12-6-9-19-29(26)36(59-65-53)39(62-68-56)46(77)42(19)73)48(34(32)51)87-90(83,84)27-13-7-10-20-30(27)37(60-66-54)40(63-69-57)47(78)43(20)74/h5-15,70-71,75H,16-17H2,1-4H3. The van der Waals surface area contributed by atoms with Gasteiger partial charge in [0.05, 0.1) is 34.2 Å². The van der Waals surface area contributed by atoms with Crippen LogP contribution in [0, 0.1) is 0 Å². The predicted octanol–water partition coefficient (Wildman–Crippen LogP) is 9.92. The highest BCUT2D eigenvalue weighted by atomic mass is 32.2. The van der Waals surface area contributed by atoms with Gasteiger partial charge in [-0.25, -0.2) is 0 Å². The third kappa shape index (κ3) is 9.04. The van der Waals surface area contributed by atoms with Crippen molar-refractivity contribution in [2.45, 2.75) is 71.5 Å². The summed E-state index contributed by atoms with van der Waals surface area (Å²) in [5, 5.41) is 54.7. The van der Waals surface area contributed by atoms with Crippen LogP contribution >= 0.6 is 0 Å². The summed E-state index contributed by atoms with van der Waals surface area (Å²) in [6.07, 6.45) is -0.995. The molecule has 10 rings (SSSR count). The Morgan fingerprint density at radius 3 is 1.11 bits per heavy atom. The first-order valence-corrected chi connectivity index (χ1v) is 29.1. The van der Waals surface area contributed by atoms with Crippen LogP contribution in [0.3, 0.4) is 0 Å². The van der Waals surface area contributed by atoms with Gasteiger partial charge in [0.2, 0.25) is 34.7 Å². The molecule has 0 aliphatic heterocycles. The van der Waals surface area contributed by atoms with Crippen LogP contribution in [0.15, 0.2) is 129 Å². The van der Waals surface area contributed by atoms with Crippen molar-refractivity contribution in [2.75, 3.05) is 0 Å². The quantitative estimate of drug-likeness (QED) is 0.0167. The molecular formula is C51H30N18O18S3. The highest BCUT2D eigenvalue weighted by Crippen LogP contribution is 2.71. The number of Topliss-reactive ketones (excluding diaryl/α,β-unsaturated/α-hetero) is 6. The van der Waals surface area contributed by atoms with Crippen LogP contribution in [0.4, 0.5) is 0 Å². The topological polar surface area (TPSA) is 586 Å². The van der Waals surface area contributed by atoms with E-state index in [4.69, 9.17) is 12.5 Å². The number of ketones is 6. The molecule has 39 heteroatoms. The molecule has 1 spiro atoms. The molecule has 1 unspecified atom stereocenters. The van der Waals surface area contributed by atoms with Crippen LogP contribution in [0.5, 0.6) is 34.5 Å². The lowest BCUT2D eigenvalue weighted by Crippen LogP contribution is -2.28. The third-order valence-corrected chi connectivity index (χ3v) is 18.8. The fourth-order valence-electron chi connectivity index (χ4n) is 12.2. The maximum atomic E-state index is 15.7. The van der Waals surface area contributed by atoms with E-state index < -0.39 is 228 Å². The van der Waals surface area contributed by atoms with Crippen molar-refractivity contribution in [1.82, 2.24) is 0 Å². The van der Waals surface area contributed by atoms with Crippen LogP contribution in [-0.2, 0) is 61.0 Å². The number of fused-ring (bicyclic) bond motifs is 7. The molecular weight excluding hydrogens is 1250 g/mol. The number of aromatic hydroxyl groups is 3. The maximum Gasteiger partial charge on any atom is 0.339 e. The van der Waals surface area contributed by atoms with E-state index in [-0.39, 0.29) is 5.56 Å². The zero-order valence-corrected chi connectivity index (χ0v) is 48.0. The molecule has 3 N–H and O–H groups in total. The normalized spacial score (nSPS) is 17.6. The summed E-state index contributed by atoms with van der Waals surface area (Å²) in [6.45, 7) is 5.76. The monoisotopic (exact) mass is 1280 g/mol. The second kappa shape index (κ2) is 21.1. The van der Waals surface area contributed by atoms with Crippen LogP contribution in [0.25, 0.3) is 79.7 Å². The van der Waals surface area contributed by atoms with E-state index in [1.807, 2.05) is 0 Å². The lowest BCUT2D eigenvalue weighted by molar-refractivity contribution is -0.112. The summed E-state index contributed by atoms with van der Waals surface area (Å²) in [5.41, 5.74) is 37.9. The van der Waals surface area contributed by atoms with Crippen LogP contribution < -0.4 is 12.5 Å². The van der Waals surface area contributed by atoms with E-state index in [2.05, 4.69) is 60.2 Å². The number of hydrogen-bond acceptors (Lipinski definition) is 24. The van der Waals surface area contributed by atoms with Gasteiger partial charge in [0.1, 0.15) is 20.4 Å². The zero-order chi connectivity index (χ0) is 65.7. The molecule has 450 valence electrons. The predicted molar refractivity (Wildman–Crippen MR) is 300 cm³/mol. The summed E-state index contributed by atoms with van der Waals surface area (Å²) >= 11 is 0. The van der Waals surface area contributed by atoms with Crippen LogP contribution in [-0.4, -0.2) is 75.3 Å². The highest BCUT2D eigenvalue weighted by molar-refractivity contribution is 7.88. The van der Waals surface area contributed by atoms with Crippen molar-refractivity contribution < 1.29 is 81.9 Å². The lowest BCUT2D eigenvalue weighted by atomic mass is 9.72. The minimum absolute atomic E-state index is 0.161. The number of nitrogens with zero attached hydrogens (tertiary/aromatic N) is 18. The Morgan fingerprint density at radius 1 is 0.411 bits per heavy atom. The number of phenolic OH excluding ortho intramolecular Hbond substituents is 3. The summed E-state index contributed by atoms with van der Waals surface area (Å²) in [7, 11) is -17.8. The molecule has 5 aliphatic rings. The zero-order valence-electron chi connectivity index (χ0n) is 45.5. The van der Waals surface area contributed by atoms with Gasteiger partial charge >= 0.3 is 30.4 Å². The van der Waals surface area contributed by atoms with Crippen LogP contribution in [0.1, 0.15) is 111 Å². The Bertz CT molecular complexity index is 5190. The van der Waals surface area contributed by atoms with Gasteiger partial charge in [-0.1, -0.05) is 94.8 Å². The summed E-state index contributed by atoms with van der Waals surface area (Å²) in [4.78, 5) is 92.5. The van der Waals surface area contributed by atoms with Gasteiger partial charge < -0.3 is 27.9 Å². The molecule has 0 heterocycles. The second-order valence-corrected chi connectivity index (χ2v) is 25.6. The molecule has 90 heavy (non-hydrogen) atoms. The van der Waals surface area contributed by atoms with Crippen molar-refractivity contribution >= 4 is 82.1 Å². The van der Waals surface area contributed by atoms with E-state index in [1.165, 1.54) is 27.7 Å². The molecule has 5 aromatic carbocycles. The Balaban J connectivity index is 1.37. The molecule has 0 bridgehead atoms. The van der Waals surface area contributed by atoms with Gasteiger partial charge in [0.15, 0.2) is 28.7 Å². The lowest BCUT2D eigenvalue weighted by Gasteiger charge is -2.32. The average Bonchev–Trinajstić information content (AvgIpc) is 1.50. The number of carbonyl (C=O) groups excluding carboxylic acids is 6. The minimum atomic E-state index is -6.01. The van der Waals surface area contributed by atoms with Gasteiger partial charge in [-0.15, -0.1) is 0 Å². The molecule has 0 amide bonds. The molecule has 0 saturated heterocycles. The van der Waals surface area contributed by atoms with Crippen LogP contribution in [0.2, 0.25) is 0 Å². The summed E-state index contributed by atoms with van der Waals surface area (Å²) in [6, 6.07) is 8.67. The summed E-state index contributed by atoms with van der Waals surface area (Å²) in [5.74, 6) is -16.0. The minimum Gasteiger partial charge on any atom is -0.507 e. The van der Waals surface area contributed by atoms with Gasteiger partial charge in [0.25, 0.3) is 0 Å². The van der Waals surface area contributed by atoms with Crippen molar-refractivity contribution in [1.29, 1.82) is 0 Å². The highest BCUT2D eigenvalue weighted by Gasteiger charge is 2.62. The van der Waals surface area contributed by atoms with Gasteiger partial charge in [-0.05, 0) is 75.1 Å². The summed E-state index contributed by atoms with van der Waals surface area (Å²) < 4.78 is 111. The first kappa shape index (κ1) is 61.0. The molecule has 0 saturated carbocycles. The Hall–Kier alpha value is -12.2. The number of benzene rings is 5. The van der Waals surface area contributed by atoms with Crippen molar-refractivity contribution in [2.24, 2.45) is 30.7 Å². The molecule has 5 aromatic rings. The van der Waals surface area contributed by atoms with Crippen molar-refractivity contribution in [3.05, 3.63) is 202 Å². The first-order valence-electron chi connectivity index (χ1n) is 24.9. The Morgan fingerprint density at radius 2 is 0.744 bits per heavy atom. The first-order chi connectivity index (χ1) is 42.4. The third-order valence-electron chi connectivity index (χ3n) is 15.0. The van der Waals surface area contributed by atoms with Crippen molar-refractivity contribution in [3.63, 3.8) is 0 Å². The largest absolute Gasteiger partial charge is 0.507 e. The number of allylic oxidation sites excluding steroid dienone is 3. The smallest absolute Gasteiger partial charge is 0.339 e. The second-order valence-electron chi connectivity index (χ2n) is 21.0. The SMILES string of the molecule is CC1(C)CC2(CC(C)(C)c3c(OS(=O)(=O)c4cccc5c4C(N=[N+]=[N-])=C(N=[N+]=[N-])C(=O)C5=O)cc(OS(=O)(=O)c4cccc5c4C(N=[N+]=[N-])=C(N=[N+]=[N-])C(=O)C5=O)c(OS(=O)(=O)c4cccc5c4C(N=[N+]=[N-])=C(N=[N+]=[N-])C(=O)C5=O)c32)c2c(O)c(O)cc(O)c21. The number of rotatable bonds is 15. The Labute approximate surface area is 500 Å². The van der Waals surface area contributed by atoms with Gasteiger partial charge in [-0.3, -0.25) is 28.8 Å². The number of phenols is 3. The Kier molecular flexibility index (Phi) is 14.3. The average molecular weight is 1280 g/mol. The fraction of sp³-hybridized carbons (Fsp3) is 0.176. The molecule has 0 aromatic heterocycles. The van der Waals surface area contributed by atoms with Gasteiger partial charge in [0, 0.05) is 103 Å². The van der Waals surface area contributed by atoms with Gasteiger partial charge in [-0.2, -0.15) is 25.3 Å². The van der Waals surface area contributed by atoms with Crippen molar-refractivity contribution in [3.8, 4) is 34.5 Å². The molecule has 0 fully saturated rings. The molecule has 1 atom stereocenters. The number of hydrogen-bond donors (Lipinski definition) is 3. The van der Waals surface area contributed by atoms with E-state index in [0.29, 0.717) is 18.2 Å². The molecule has 0 radical (unpaired) electrons.